The second-order valence-corrected chi connectivity index (χ2v) is 5.25. The average Bonchev–Trinajstić information content (AvgIpc) is 3.04. The Hall–Kier alpha value is -2.83. The number of hydrogen-bond acceptors (Lipinski definition) is 5. The minimum atomic E-state index is -0.415. The first-order valence-corrected chi connectivity index (χ1v) is 7.34. The molecule has 0 saturated carbocycles. The van der Waals surface area contributed by atoms with Crippen molar-refractivity contribution >= 4 is 11.6 Å². The second kappa shape index (κ2) is 6.12. The van der Waals surface area contributed by atoms with Gasteiger partial charge in [-0.25, -0.2) is 14.3 Å². The van der Waals surface area contributed by atoms with Crippen LogP contribution in [-0.4, -0.2) is 26.8 Å². The van der Waals surface area contributed by atoms with E-state index in [-0.39, 0.29) is 12.3 Å². The highest BCUT2D eigenvalue weighted by atomic mass is 16.5. The monoisotopic (exact) mass is 315 g/mol. The van der Waals surface area contributed by atoms with E-state index >= 15 is 0 Å². The predicted octanol–water partition coefficient (Wildman–Crippen LogP) is 1.95. The Morgan fingerprint density at radius 2 is 2.17 bits per heavy atom. The highest BCUT2D eigenvalue weighted by molar-refractivity contribution is 5.90. The first-order chi connectivity index (χ1) is 11.1. The summed E-state index contributed by atoms with van der Waals surface area (Å²) in [6.45, 7) is 4.10. The van der Waals surface area contributed by atoms with Crippen molar-refractivity contribution in [3.05, 3.63) is 58.0 Å². The molecule has 3 rings (SSSR count). The van der Waals surface area contributed by atoms with Crippen molar-refractivity contribution in [1.29, 1.82) is 0 Å². The van der Waals surface area contributed by atoms with Crippen LogP contribution in [0.5, 0.6) is 0 Å². The van der Waals surface area contributed by atoms with Crippen molar-refractivity contribution in [2.24, 2.45) is 0 Å². The molecule has 0 aromatic carbocycles. The third-order valence-corrected chi connectivity index (χ3v) is 3.50. The lowest BCUT2D eigenvalue weighted by atomic mass is 10.2. The number of hydrogen-bond donors (Lipinski definition) is 0. The van der Waals surface area contributed by atoms with Gasteiger partial charge in [-0.05, 0) is 32.0 Å². The van der Waals surface area contributed by atoms with Gasteiger partial charge in [0.2, 0.25) is 0 Å². The zero-order valence-corrected chi connectivity index (χ0v) is 13.0. The van der Waals surface area contributed by atoms with Gasteiger partial charge in [-0.15, -0.1) is 5.10 Å². The summed E-state index contributed by atoms with van der Waals surface area (Å²) < 4.78 is 13.4. The molecule has 23 heavy (non-hydrogen) atoms. The fourth-order valence-electron chi connectivity index (χ4n) is 2.40. The molecule has 0 aliphatic rings. The third-order valence-electron chi connectivity index (χ3n) is 3.50. The molecule has 3 heterocycles. The number of furan rings is 1. The van der Waals surface area contributed by atoms with Crippen LogP contribution in [0.3, 0.4) is 0 Å². The van der Waals surface area contributed by atoms with Gasteiger partial charge in [0.05, 0.1) is 6.61 Å². The van der Waals surface area contributed by atoms with Gasteiger partial charge in [-0.2, -0.15) is 0 Å². The molecule has 7 nitrogen and oxygen atoms in total. The zero-order chi connectivity index (χ0) is 16.4. The fraction of sp³-hybridized carbons (Fsp3) is 0.312. The van der Waals surface area contributed by atoms with Crippen LogP contribution in [0.1, 0.15) is 28.3 Å². The van der Waals surface area contributed by atoms with Crippen molar-refractivity contribution in [3.8, 4) is 0 Å². The van der Waals surface area contributed by atoms with Crippen molar-refractivity contribution in [2.75, 3.05) is 6.61 Å². The maximum absolute atomic E-state index is 12.1. The van der Waals surface area contributed by atoms with E-state index < -0.39 is 5.97 Å². The molecular formula is C16H17N3O4. The van der Waals surface area contributed by atoms with E-state index in [1.165, 1.54) is 9.08 Å². The van der Waals surface area contributed by atoms with Crippen LogP contribution in [0.4, 0.5) is 0 Å². The normalized spacial score (nSPS) is 11.0. The molecule has 3 aromatic heterocycles. The number of nitrogens with zero attached hydrogens (tertiary/aromatic N) is 3. The smallest absolute Gasteiger partial charge is 0.350 e. The van der Waals surface area contributed by atoms with Gasteiger partial charge in [-0.3, -0.25) is 4.40 Å². The van der Waals surface area contributed by atoms with E-state index in [1.807, 2.05) is 6.07 Å². The van der Waals surface area contributed by atoms with Gasteiger partial charge in [0.25, 0.3) is 0 Å². The van der Waals surface area contributed by atoms with E-state index in [0.29, 0.717) is 35.7 Å². The van der Waals surface area contributed by atoms with E-state index in [1.54, 1.807) is 38.2 Å². The van der Waals surface area contributed by atoms with Gasteiger partial charge in [0, 0.05) is 19.2 Å². The van der Waals surface area contributed by atoms with E-state index in [2.05, 4.69) is 5.10 Å². The molecule has 0 atom stereocenters. The predicted molar refractivity (Wildman–Crippen MR) is 82.5 cm³/mol. The van der Waals surface area contributed by atoms with Crippen molar-refractivity contribution in [3.63, 3.8) is 0 Å². The highest BCUT2D eigenvalue weighted by Crippen LogP contribution is 2.14. The van der Waals surface area contributed by atoms with Crippen LogP contribution in [0.15, 0.2) is 39.7 Å². The van der Waals surface area contributed by atoms with E-state index in [9.17, 15) is 9.59 Å². The topological polar surface area (TPSA) is 78.7 Å². The molecule has 0 bridgehead atoms. The Balaban J connectivity index is 1.57. The summed E-state index contributed by atoms with van der Waals surface area (Å²) in [7, 11) is 0. The lowest BCUT2D eigenvalue weighted by molar-refractivity contribution is 0.0492. The van der Waals surface area contributed by atoms with Crippen LogP contribution in [0, 0.1) is 13.8 Å². The van der Waals surface area contributed by atoms with Crippen molar-refractivity contribution in [2.45, 2.75) is 26.8 Å². The number of carbonyl (C=O) groups excluding carboxylic acids is 1. The largest absolute Gasteiger partial charge is 0.466 e. The molecule has 0 N–H and O–H groups in total. The fourth-order valence-corrected chi connectivity index (χ4v) is 2.40. The Labute approximate surface area is 132 Å². The maximum atomic E-state index is 12.1. The number of rotatable bonds is 5. The first kappa shape index (κ1) is 15.1. The number of esters is 1. The third kappa shape index (κ3) is 3.03. The Morgan fingerprint density at radius 3 is 2.87 bits per heavy atom. The number of fused-ring (bicyclic) bond motifs is 1. The summed E-state index contributed by atoms with van der Waals surface area (Å²) in [5, 5.41) is 4.22. The SMILES string of the molecule is Cc1cc(C(=O)OCCCn2nc3ccccn3c2=O)c(C)o1. The molecular weight excluding hydrogens is 298 g/mol. The number of aryl methyl sites for hydroxylation is 3. The summed E-state index contributed by atoms with van der Waals surface area (Å²) in [6.07, 6.45) is 2.18. The molecule has 7 heteroatoms. The zero-order valence-electron chi connectivity index (χ0n) is 13.0. The molecule has 0 saturated heterocycles. The van der Waals surface area contributed by atoms with Crippen LogP contribution < -0.4 is 5.69 Å². The molecule has 0 spiro atoms. The molecule has 3 aromatic rings. The lowest BCUT2D eigenvalue weighted by Gasteiger charge is -2.03. The summed E-state index contributed by atoms with van der Waals surface area (Å²) in [5.41, 5.74) is 0.833. The van der Waals surface area contributed by atoms with Crippen LogP contribution >= 0.6 is 0 Å². The summed E-state index contributed by atoms with van der Waals surface area (Å²) in [5.74, 6) is 0.802. The number of ether oxygens (including phenoxy) is 1. The summed E-state index contributed by atoms with van der Waals surface area (Å²) >= 11 is 0. The second-order valence-electron chi connectivity index (χ2n) is 5.25. The van der Waals surface area contributed by atoms with E-state index in [0.717, 1.165) is 0 Å². The van der Waals surface area contributed by atoms with Gasteiger partial charge in [0.15, 0.2) is 5.65 Å². The molecule has 0 aliphatic carbocycles. The standard InChI is InChI=1S/C16H17N3O4/c1-11-10-13(12(2)23-11)15(20)22-9-5-8-19-16(21)18-7-4-3-6-14(18)17-19/h3-4,6-7,10H,5,8-9H2,1-2H3. The Bertz CT molecular complexity index is 904. The number of pyridine rings is 1. The molecule has 120 valence electrons. The Kier molecular flexibility index (Phi) is 4.01. The van der Waals surface area contributed by atoms with Gasteiger partial charge >= 0.3 is 11.7 Å². The maximum Gasteiger partial charge on any atom is 0.350 e. The van der Waals surface area contributed by atoms with E-state index in [4.69, 9.17) is 9.15 Å². The molecule has 0 fully saturated rings. The number of aromatic nitrogens is 3. The molecule has 0 aliphatic heterocycles. The molecule has 0 amide bonds. The van der Waals surface area contributed by atoms with Crippen molar-refractivity contribution in [1.82, 2.24) is 14.2 Å². The van der Waals surface area contributed by atoms with Crippen LogP contribution in [0.2, 0.25) is 0 Å². The minimum Gasteiger partial charge on any atom is -0.466 e. The van der Waals surface area contributed by atoms with Crippen LogP contribution in [-0.2, 0) is 11.3 Å². The summed E-state index contributed by atoms with van der Waals surface area (Å²) in [6, 6.07) is 7.02. The van der Waals surface area contributed by atoms with Gasteiger partial charge in [0.1, 0.15) is 17.1 Å². The van der Waals surface area contributed by atoms with Crippen molar-refractivity contribution < 1.29 is 13.9 Å². The molecule has 0 radical (unpaired) electrons. The quantitative estimate of drug-likeness (QED) is 0.531. The number of carbonyl (C=O) groups is 1. The highest BCUT2D eigenvalue weighted by Gasteiger charge is 2.14. The molecule has 0 unspecified atom stereocenters. The summed E-state index contributed by atoms with van der Waals surface area (Å²) in [4.78, 5) is 24.0. The Morgan fingerprint density at radius 1 is 1.35 bits per heavy atom. The van der Waals surface area contributed by atoms with Crippen LogP contribution in [0.25, 0.3) is 5.65 Å². The van der Waals surface area contributed by atoms with Gasteiger partial charge < -0.3 is 9.15 Å². The average molecular weight is 315 g/mol. The van der Waals surface area contributed by atoms with Gasteiger partial charge in [-0.1, -0.05) is 6.07 Å². The first-order valence-electron chi connectivity index (χ1n) is 7.34. The minimum absolute atomic E-state index is 0.201. The lowest BCUT2D eigenvalue weighted by Crippen LogP contribution is -2.22.